The van der Waals surface area contributed by atoms with Gasteiger partial charge in [0.25, 0.3) is 0 Å². The van der Waals surface area contributed by atoms with Gasteiger partial charge in [0.15, 0.2) is 0 Å². The second kappa shape index (κ2) is 7.19. The molecule has 112 valence electrons. The van der Waals surface area contributed by atoms with Crippen LogP contribution in [-0.4, -0.2) is 41.1 Å². The molecule has 3 N–H and O–H groups in total. The summed E-state index contributed by atoms with van der Waals surface area (Å²) in [6, 6.07) is 1.77. The molecule has 20 heavy (non-hydrogen) atoms. The van der Waals surface area contributed by atoms with E-state index in [2.05, 4.69) is 16.6 Å². The van der Waals surface area contributed by atoms with Gasteiger partial charge in [0.1, 0.15) is 9.84 Å². The lowest BCUT2D eigenvalue weighted by Gasteiger charge is -2.04. The Morgan fingerprint density at radius 1 is 1.30 bits per heavy atom. The molecule has 0 aliphatic heterocycles. The van der Waals surface area contributed by atoms with Gasteiger partial charge in [0.2, 0.25) is 10.0 Å². The topological polar surface area (TPSA) is 106 Å². The van der Waals surface area contributed by atoms with Crippen molar-refractivity contribution in [2.75, 3.05) is 24.3 Å². The van der Waals surface area contributed by atoms with Crippen molar-refractivity contribution in [3.05, 3.63) is 21.9 Å². The van der Waals surface area contributed by atoms with Gasteiger partial charge in [0.05, 0.1) is 18.1 Å². The van der Waals surface area contributed by atoms with E-state index in [4.69, 9.17) is 5.73 Å². The van der Waals surface area contributed by atoms with Gasteiger partial charge in [-0.25, -0.2) is 21.6 Å². The van der Waals surface area contributed by atoms with E-state index in [1.165, 1.54) is 11.3 Å². The van der Waals surface area contributed by atoms with E-state index >= 15 is 0 Å². The molecule has 1 aromatic heterocycles. The van der Waals surface area contributed by atoms with Crippen molar-refractivity contribution in [3.8, 4) is 11.8 Å². The van der Waals surface area contributed by atoms with E-state index < -0.39 is 25.6 Å². The highest BCUT2D eigenvalue weighted by atomic mass is 32.2. The van der Waals surface area contributed by atoms with E-state index in [1.807, 2.05) is 5.38 Å². The van der Waals surface area contributed by atoms with E-state index in [0.717, 1.165) is 16.7 Å². The van der Waals surface area contributed by atoms with Crippen LogP contribution in [0.3, 0.4) is 0 Å². The molecule has 6 nitrogen and oxygen atoms in total. The second-order valence-corrected chi connectivity index (χ2v) is 9.26. The molecule has 0 amide bonds. The summed E-state index contributed by atoms with van der Waals surface area (Å²) in [5.41, 5.74) is 6.04. The molecule has 0 aliphatic rings. The molecule has 9 heteroatoms. The molecule has 1 heterocycles. The maximum absolute atomic E-state index is 11.6. The normalized spacial score (nSPS) is 11.9. The minimum Gasteiger partial charge on any atom is -0.320 e. The molecular formula is C11H16N2O4S3. The summed E-state index contributed by atoms with van der Waals surface area (Å²) in [6.45, 7) is 0.393. The number of sulfone groups is 1. The van der Waals surface area contributed by atoms with E-state index in [-0.39, 0.29) is 18.8 Å². The third kappa shape index (κ3) is 7.02. The smallest absolute Gasteiger partial charge is 0.212 e. The lowest BCUT2D eigenvalue weighted by atomic mass is 10.3. The van der Waals surface area contributed by atoms with E-state index in [9.17, 15) is 16.8 Å². The quantitative estimate of drug-likeness (QED) is 0.683. The molecule has 0 saturated heterocycles. The molecule has 0 unspecified atom stereocenters. The van der Waals surface area contributed by atoms with Crippen LogP contribution in [0.4, 0.5) is 0 Å². The van der Waals surface area contributed by atoms with Crippen molar-refractivity contribution in [2.24, 2.45) is 5.73 Å². The van der Waals surface area contributed by atoms with Gasteiger partial charge in [-0.2, -0.15) is 0 Å². The minimum atomic E-state index is -3.60. The number of thiophene rings is 1. The van der Waals surface area contributed by atoms with Crippen molar-refractivity contribution in [3.63, 3.8) is 0 Å². The zero-order valence-electron chi connectivity index (χ0n) is 10.9. The molecule has 0 fully saturated rings. The van der Waals surface area contributed by atoms with Crippen LogP contribution in [0.15, 0.2) is 11.4 Å². The average molecular weight is 336 g/mol. The van der Waals surface area contributed by atoms with Crippen LogP contribution in [0.1, 0.15) is 10.4 Å². The van der Waals surface area contributed by atoms with Crippen molar-refractivity contribution in [2.45, 2.75) is 6.54 Å². The fourth-order valence-electron chi connectivity index (χ4n) is 1.21. The first-order valence-corrected chi connectivity index (χ1v) is 10.2. The Balaban J connectivity index is 2.56. The summed E-state index contributed by atoms with van der Waals surface area (Å²) in [7, 11) is -6.89. The maximum Gasteiger partial charge on any atom is 0.212 e. The van der Waals surface area contributed by atoms with Crippen LogP contribution in [0.2, 0.25) is 0 Å². The first-order valence-electron chi connectivity index (χ1n) is 5.63. The predicted molar refractivity (Wildman–Crippen MR) is 80.6 cm³/mol. The molecule has 1 rings (SSSR count). The number of nitrogens with two attached hydrogens (primary N) is 1. The third-order valence-corrected chi connectivity index (χ3v) is 5.64. The number of rotatable bonds is 6. The molecule has 0 spiro atoms. The standard InChI is InChI=1S/C11H16N2O4S3/c1-19(14,15)5-6-20(16,17)13-8-11-7-10(9-18-11)3-2-4-12/h7,9,13H,4-6,8,12H2,1H3. The monoisotopic (exact) mass is 336 g/mol. The summed E-state index contributed by atoms with van der Waals surface area (Å²) in [5.74, 6) is 4.73. The van der Waals surface area contributed by atoms with Crippen molar-refractivity contribution in [1.29, 1.82) is 0 Å². The molecule has 1 aromatic rings. The lowest BCUT2D eigenvalue weighted by molar-refractivity contribution is 0.579. The van der Waals surface area contributed by atoms with Crippen molar-refractivity contribution < 1.29 is 16.8 Å². The van der Waals surface area contributed by atoms with Crippen LogP contribution < -0.4 is 10.5 Å². The van der Waals surface area contributed by atoms with E-state index in [1.54, 1.807) is 6.07 Å². The summed E-state index contributed by atoms with van der Waals surface area (Å²) in [6.07, 6.45) is 1.00. The first kappa shape index (κ1) is 17.1. The Morgan fingerprint density at radius 2 is 2.00 bits per heavy atom. The third-order valence-electron chi connectivity index (χ3n) is 2.18. The summed E-state index contributed by atoms with van der Waals surface area (Å²) in [5, 5.41) is 1.81. The summed E-state index contributed by atoms with van der Waals surface area (Å²) in [4.78, 5) is 0.800. The summed E-state index contributed by atoms with van der Waals surface area (Å²) >= 11 is 1.38. The fraction of sp³-hybridized carbons (Fsp3) is 0.455. The molecule has 0 bridgehead atoms. The van der Waals surface area contributed by atoms with Gasteiger partial charge >= 0.3 is 0 Å². The second-order valence-electron chi connectivity index (χ2n) is 4.08. The molecule has 0 radical (unpaired) electrons. The predicted octanol–water partition coefficient (Wildman–Crippen LogP) is -0.478. The summed E-state index contributed by atoms with van der Waals surface area (Å²) < 4.78 is 47.5. The highest BCUT2D eigenvalue weighted by molar-refractivity contribution is 7.93. The van der Waals surface area contributed by atoms with Crippen LogP contribution in [0, 0.1) is 11.8 Å². The molecule has 0 aliphatic carbocycles. The highest BCUT2D eigenvalue weighted by Gasteiger charge is 2.14. The SMILES string of the molecule is CS(=O)(=O)CCS(=O)(=O)NCc1cc(C#CCN)cs1. The van der Waals surface area contributed by atoms with Gasteiger partial charge < -0.3 is 5.73 Å². The Hall–Kier alpha value is -0.920. The number of hydrogen-bond donors (Lipinski definition) is 2. The van der Waals surface area contributed by atoms with Gasteiger partial charge in [-0.05, 0) is 6.07 Å². The zero-order valence-corrected chi connectivity index (χ0v) is 13.4. The van der Waals surface area contributed by atoms with E-state index in [0.29, 0.717) is 0 Å². The number of hydrogen-bond acceptors (Lipinski definition) is 6. The molecular weight excluding hydrogens is 320 g/mol. The Labute approximate surface area is 123 Å². The Bertz CT molecular complexity index is 708. The minimum absolute atomic E-state index is 0.126. The van der Waals surface area contributed by atoms with Crippen LogP contribution in [-0.2, 0) is 26.4 Å². The maximum atomic E-state index is 11.6. The van der Waals surface area contributed by atoms with Gasteiger partial charge in [-0.15, -0.1) is 11.3 Å². The number of sulfonamides is 1. The highest BCUT2D eigenvalue weighted by Crippen LogP contribution is 2.13. The lowest BCUT2D eigenvalue weighted by Crippen LogP contribution is -2.28. The van der Waals surface area contributed by atoms with Crippen molar-refractivity contribution in [1.82, 2.24) is 4.72 Å². The van der Waals surface area contributed by atoms with Gasteiger partial charge in [-0.1, -0.05) is 11.8 Å². The number of nitrogens with one attached hydrogen (secondary N) is 1. The van der Waals surface area contributed by atoms with Crippen LogP contribution >= 0.6 is 11.3 Å². The first-order chi connectivity index (χ1) is 9.22. The molecule has 0 aromatic carbocycles. The van der Waals surface area contributed by atoms with Gasteiger partial charge in [0, 0.05) is 28.6 Å². The Kier molecular flexibility index (Phi) is 6.16. The molecule has 0 saturated carbocycles. The van der Waals surface area contributed by atoms with Crippen molar-refractivity contribution >= 4 is 31.2 Å². The zero-order chi connectivity index (χ0) is 15.2. The van der Waals surface area contributed by atoms with Gasteiger partial charge in [-0.3, -0.25) is 0 Å². The molecule has 0 atom stereocenters. The average Bonchev–Trinajstić information content (AvgIpc) is 2.79. The largest absolute Gasteiger partial charge is 0.320 e. The fourth-order valence-corrected chi connectivity index (χ4v) is 4.66. The van der Waals surface area contributed by atoms with Crippen LogP contribution in [0.5, 0.6) is 0 Å². The van der Waals surface area contributed by atoms with Crippen LogP contribution in [0.25, 0.3) is 0 Å². The Morgan fingerprint density at radius 3 is 2.60 bits per heavy atom.